The molecule has 1 amide bonds. The fourth-order valence-corrected chi connectivity index (χ4v) is 3.68. The van der Waals surface area contributed by atoms with Crippen LogP contribution in [0.2, 0.25) is 0 Å². The van der Waals surface area contributed by atoms with Crippen LogP contribution in [-0.2, 0) is 17.9 Å². The summed E-state index contributed by atoms with van der Waals surface area (Å²) in [5.41, 5.74) is 1.53. The van der Waals surface area contributed by atoms with Gasteiger partial charge in [-0.2, -0.15) is 0 Å². The first kappa shape index (κ1) is 19.4. The largest absolute Gasteiger partial charge is 0.488 e. The van der Waals surface area contributed by atoms with Crippen molar-refractivity contribution in [3.8, 4) is 5.75 Å². The highest BCUT2D eigenvalue weighted by atomic mass is 32.1. The summed E-state index contributed by atoms with van der Waals surface area (Å²) in [4.78, 5) is 20.4. The Labute approximate surface area is 174 Å². The number of aromatic nitrogens is 1. The maximum atomic E-state index is 12.5. The lowest BCUT2D eigenvalue weighted by molar-refractivity contribution is 0.0950. The van der Waals surface area contributed by atoms with Crippen molar-refractivity contribution in [1.82, 2.24) is 10.3 Å². The fraction of sp³-hybridized carbons (Fsp3) is 0.273. The molecule has 0 spiro atoms. The van der Waals surface area contributed by atoms with Crippen LogP contribution in [0, 0.1) is 0 Å². The summed E-state index contributed by atoms with van der Waals surface area (Å²) in [6, 6.07) is 15.3. The van der Waals surface area contributed by atoms with Crippen LogP contribution < -0.4 is 15.0 Å². The third-order valence-corrected chi connectivity index (χ3v) is 5.50. The van der Waals surface area contributed by atoms with Gasteiger partial charge in [-0.15, -0.1) is 11.3 Å². The third-order valence-electron chi connectivity index (χ3n) is 4.65. The molecule has 1 aliphatic rings. The van der Waals surface area contributed by atoms with Gasteiger partial charge in [-0.3, -0.25) is 4.79 Å². The number of carbonyl (C=O) groups excluding carboxylic acids is 1. The van der Waals surface area contributed by atoms with Crippen LogP contribution >= 0.6 is 11.3 Å². The van der Waals surface area contributed by atoms with Crippen LogP contribution in [0.3, 0.4) is 0 Å². The number of rotatable bonds is 7. The summed E-state index contributed by atoms with van der Waals surface area (Å²) in [6.45, 7) is 4.10. The number of thiophene rings is 1. The van der Waals surface area contributed by atoms with Gasteiger partial charge in [0.05, 0.1) is 13.2 Å². The lowest BCUT2D eigenvalue weighted by Crippen LogP contribution is -2.36. The SMILES string of the molecule is O=C(NCc1ccc(N2CCOCC2)nc1)c1cccc(OCc2cccs2)c1. The second-order valence-electron chi connectivity index (χ2n) is 6.70. The van der Waals surface area contributed by atoms with Crippen molar-refractivity contribution in [2.75, 3.05) is 31.2 Å². The molecular formula is C22H23N3O3S. The molecule has 1 saturated heterocycles. The van der Waals surface area contributed by atoms with E-state index >= 15 is 0 Å². The minimum Gasteiger partial charge on any atom is -0.488 e. The highest BCUT2D eigenvalue weighted by molar-refractivity contribution is 7.09. The molecule has 1 aromatic carbocycles. The van der Waals surface area contributed by atoms with Crippen LogP contribution in [0.4, 0.5) is 5.82 Å². The second kappa shape index (κ2) is 9.54. The zero-order valence-corrected chi connectivity index (χ0v) is 16.9. The van der Waals surface area contributed by atoms with Gasteiger partial charge in [-0.05, 0) is 41.3 Å². The van der Waals surface area contributed by atoms with E-state index in [1.807, 2.05) is 48.0 Å². The Balaban J connectivity index is 1.30. The first-order valence-corrected chi connectivity index (χ1v) is 10.5. The molecule has 3 aromatic rings. The monoisotopic (exact) mass is 409 g/mol. The Morgan fingerprint density at radius 3 is 2.83 bits per heavy atom. The predicted octanol–water partition coefficient (Wildman–Crippen LogP) is 3.49. The number of ether oxygens (including phenoxy) is 2. The molecule has 0 aliphatic carbocycles. The minimum absolute atomic E-state index is 0.135. The van der Waals surface area contributed by atoms with Gasteiger partial charge in [-0.1, -0.05) is 18.2 Å². The molecule has 0 saturated carbocycles. The van der Waals surface area contributed by atoms with Crippen LogP contribution in [-0.4, -0.2) is 37.2 Å². The number of carbonyl (C=O) groups is 1. The highest BCUT2D eigenvalue weighted by Gasteiger charge is 2.12. The maximum Gasteiger partial charge on any atom is 0.251 e. The Kier molecular flexibility index (Phi) is 6.38. The van der Waals surface area contributed by atoms with Crippen molar-refractivity contribution < 1.29 is 14.3 Å². The van der Waals surface area contributed by atoms with Gasteiger partial charge < -0.3 is 19.7 Å². The van der Waals surface area contributed by atoms with Crippen LogP contribution in [0.25, 0.3) is 0 Å². The maximum absolute atomic E-state index is 12.5. The summed E-state index contributed by atoms with van der Waals surface area (Å²) < 4.78 is 11.2. The zero-order valence-electron chi connectivity index (χ0n) is 16.0. The van der Waals surface area contributed by atoms with Crippen LogP contribution in [0.15, 0.2) is 60.1 Å². The molecule has 1 N–H and O–H groups in total. The fourth-order valence-electron chi connectivity index (χ4n) is 3.06. The van der Waals surface area contributed by atoms with Gasteiger partial charge >= 0.3 is 0 Å². The molecule has 7 heteroatoms. The van der Waals surface area contributed by atoms with E-state index in [1.54, 1.807) is 23.5 Å². The van der Waals surface area contributed by atoms with E-state index in [2.05, 4.69) is 15.2 Å². The van der Waals surface area contributed by atoms with E-state index in [1.165, 1.54) is 0 Å². The first-order chi connectivity index (χ1) is 14.3. The smallest absolute Gasteiger partial charge is 0.251 e. The van der Waals surface area contributed by atoms with Crippen molar-refractivity contribution in [2.24, 2.45) is 0 Å². The van der Waals surface area contributed by atoms with Crippen molar-refractivity contribution in [1.29, 1.82) is 0 Å². The molecule has 1 aliphatic heterocycles. The minimum atomic E-state index is -0.135. The molecule has 1 fully saturated rings. The van der Waals surface area contributed by atoms with Gasteiger partial charge in [-0.25, -0.2) is 4.98 Å². The van der Waals surface area contributed by atoms with Crippen molar-refractivity contribution in [3.05, 3.63) is 76.1 Å². The quantitative estimate of drug-likeness (QED) is 0.647. The molecule has 0 unspecified atom stereocenters. The number of amides is 1. The molecule has 29 heavy (non-hydrogen) atoms. The van der Waals surface area contributed by atoms with Crippen molar-refractivity contribution >= 4 is 23.1 Å². The molecule has 4 rings (SSSR count). The number of morpholine rings is 1. The molecule has 3 heterocycles. The van der Waals surface area contributed by atoms with E-state index in [9.17, 15) is 4.79 Å². The van der Waals surface area contributed by atoms with E-state index in [4.69, 9.17) is 9.47 Å². The van der Waals surface area contributed by atoms with Crippen molar-refractivity contribution in [2.45, 2.75) is 13.2 Å². The number of nitrogens with zero attached hydrogens (tertiary/aromatic N) is 2. The Morgan fingerprint density at radius 2 is 2.07 bits per heavy atom. The summed E-state index contributed by atoms with van der Waals surface area (Å²) in [6.07, 6.45) is 1.81. The molecule has 150 valence electrons. The van der Waals surface area contributed by atoms with Crippen molar-refractivity contribution in [3.63, 3.8) is 0 Å². The predicted molar refractivity (Wildman–Crippen MR) is 114 cm³/mol. The Bertz CT molecular complexity index is 923. The highest BCUT2D eigenvalue weighted by Crippen LogP contribution is 2.17. The Morgan fingerprint density at radius 1 is 1.17 bits per heavy atom. The summed E-state index contributed by atoms with van der Waals surface area (Å²) in [5, 5.41) is 4.96. The standard InChI is InChI=1S/C22H23N3O3S/c26-22(18-3-1-4-19(13-18)28-16-20-5-2-12-29-20)24-15-17-6-7-21(23-14-17)25-8-10-27-11-9-25/h1-7,12-14H,8-11,15-16H2,(H,24,26). The summed E-state index contributed by atoms with van der Waals surface area (Å²) in [7, 11) is 0. The van der Waals surface area contributed by atoms with E-state index in [0.717, 1.165) is 42.6 Å². The van der Waals surface area contributed by atoms with Gasteiger partial charge in [0.25, 0.3) is 5.91 Å². The number of anilines is 1. The van der Waals surface area contributed by atoms with Gasteiger partial charge in [0.15, 0.2) is 0 Å². The van der Waals surface area contributed by atoms with E-state index in [-0.39, 0.29) is 5.91 Å². The lowest BCUT2D eigenvalue weighted by atomic mass is 10.2. The number of hydrogen-bond donors (Lipinski definition) is 1. The summed E-state index contributed by atoms with van der Waals surface area (Å²) in [5.74, 6) is 1.49. The normalized spacial score (nSPS) is 13.9. The molecule has 0 atom stereocenters. The molecular weight excluding hydrogens is 386 g/mol. The molecule has 0 bridgehead atoms. The first-order valence-electron chi connectivity index (χ1n) is 9.59. The average Bonchev–Trinajstić information content (AvgIpc) is 3.31. The number of benzene rings is 1. The van der Waals surface area contributed by atoms with E-state index < -0.39 is 0 Å². The topological polar surface area (TPSA) is 63.7 Å². The number of hydrogen-bond acceptors (Lipinski definition) is 6. The van der Waals surface area contributed by atoms with Gasteiger partial charge in [0, 0.05) is 36.3 Å². The molecule has 6 nitrogen and oxygen atoms in total. The lowest BCUT2D eigenvalue weighted by Gasteiger charge is -2.27. The number of pyridine rings is 1. The summed E-state index contributed by atoms with van der Waals surface area (Å²) >= 11 is 1.65. The van der Waals surface area contributed by atoms with Gasteiger partial charge in [0.2, 0.25) is 0 Å². The zero-order chi connectivity index (χ0) is 19.9. The van der Waals surface area contributed by atoms with Crippen LogP contribution in [0.5, 0.6) is 5.75 Å². The molecule has 0 radical (unpaired) electrons. The third kappa shape index (κ3) is 5.34. The van der Waals surface area contributed by atoms with Gasteiger partial charge in [0.1, 0.15) is 18.2 Å². The molecule has 2 aromatic heterocycles. The Hall–Kier alpha value is -2.90. The van der Waals surface area contributed by atoms with Crippen LogP contribution in [0.1, 0.15) is 20.8 Å². The second-order valence-corrected chi connectivity index (χ2v) is 7.73. The number of nitrogens with one attached hydrogen (secondary N) is 1. The van der Waals surface area contributed by atoms with E-state index in [0.29, 0.717) is 24.5 Å². The average molecular weight is 410 g/mol.